The number of fused-ring (bicyclic) bond motifs is 1. The van der Waals surface area contributed by atoms with E-state index in [4.69, 9.17) is 10.4 Å². The number of aromatic nitrogens is 4. The van der Waals surface area contributed by atoms with Crippen molar-refractivity contribution >= 4 is 28.7 Å². The van der Waals surface area contributed by atoms with Crippen LogP contribution in [0.4, 0.5) is 0 Å². The fourth-order valence-electron chi connectivity index (χ4n) is 4.32. The number of rotatable bonds is 4. The molecule has 1 aliphatic heterocycles. The van der Waals surface area contributed by atoms with Crippen molar-refractivity contribution in [1.82, 2.24) is 24.6 Å². The lowest BCUT2D eigenvalue weighted by molar-refractivity contribution is -0.130. The highest BCUT2D eigenvalue weighted by Crippen LogP contribution is 2.25. The number of likely N-dealkylation sites (tertiary alicyclic amines) is 1. The van der Waals surface area contributed by atoms with Crippen LogP contribution in [0.3, 0.4) is 0 Å². The van der Waals surface area contributed by atoms with Crippen molar-refractivity contribution in [2.45, 2.75) is 39.3 Å². The molecule has 3 aromatic rings. The maximum absolute atomic E-state index is 12.9. The first-order valence-electron chi connectivity index (χ1n) is 10.3. The number of H-pyrrole nitrogens is 1. The minimum Gasteiger partial charge on any atom is -0.341 e. The van der Waals surface area contributed by atoms with E-state index in [0.29, 0.717) is 39.3 Å². The van der Waals surface area contributed by atoms with E-state index in [1.54, 1.807) is 0 Å². The summed E-state index contributed by atoms with van der Waals surface area (Å²) in [6, 6.07) is 7.99. The number of nitrogens with zero attached hydrogens (tertiary/aromatic N) is 4. The van der Waals surface area contributed by atoms with Gasteiger partial charge < -0.3 is 4.90 Å². The van der Waals surface area contributed by atoms with Crippen LogP contribution in [0.25, 0.3) is 16.7 Å². The summed E-state index contributed by atoms with van der Waals surface area (Å²) in [5.74, 6) is 1.48. The van der Waals surface area contributed by atoms with Crippen LogP contribution >= 0.6 is 11.8 Å². The van der Waals surface area contributed by atoms with Crippen molar-refractivity contribution in [2.24, 2.45) is 11.8 Å². The topological polar surface area (TPSA) is 90.7 Å². The highest BCUT2D eigenvalue weighted by Gasteiger charge is 2.26. The third kappa shape index (κ3) is 4.01. The van der Waals surface area contributed by atoms with Gasteiger partial charge in [0.1, 0.15) is 5.49 Å². The van der Waals surface area contributed by atoms with Crippen molar-refractivity contribution in [3.63, 3.8) is 0 Å². The Labute approximate surface area is 180 Å². The molecule has 3 heterocycles. The van der Waals surface area contributed by atoms with Gasteiger partial charge in [0.25, 0.3) is 0 Å². The molecule has 2 atom stereocenters. The summed E-state index contributed by atoms with van der Waals surface area (Å²) in [6.07, 6.45) is 1.17. The average Bonchev–Trinajstić information content (AvgIpc) is 3.06. The number of nitrogens with one attached hydrogen (secondary N) is 2. The van der Waals surface area contributed by atoms with Gasteiger partial charge in [-0.3, -0.25) is 19.9 Å². The number of carbonyl (C=O) groups excluding carboxylic acids is 1. The first-order chi connectivity index (χ1) is 14.3. The van der Waals surface area contributed by atoms with E-state index < -0.39 is 0 Å². The Hall–Kier alpha value is -2.61. The zero-order chi connectivity index (χ0) is 21.4. The van der Waals surface area contributed by atoms with E-state index in [2.05, 4.69) is 24.0 Å². The quantitative estimate of drug-likeness (QED) is 0.496. The fraction of sp³-hybridized carbons (Fsp3) is 0.455. The number of aromatic amines is 1. The standard InChI is InChI=1S/C22H28N6OS/c1-13-6-5-7-17(9-13)28-20(23)19-16(4)25-26-21(19)24-22(28)30-12-18(29)27-10-14(2)8-15(3)11-27/h5-7,9,14-15,23H,8,10-12H2,1-4H3,(H,25,26)/t14-,15+. The van der Waals surface area contributed by atoms with Crippen LogP contribution in [0.5, 0.6) is 0 Å². The molecule has 0 spiro atoms. The van der Waals surface area contributed by atoms with Crippen molar-refractivity contribution in [1.29, 1.82) is 5.41 Å². The molecule has 1 aliphatic rings. The van der Waals surface area contributed by atoms with Crippen LogP contribution in [0.2, 0.25) is 0 Å². The molecular formula is C22H28N6OS. The third-order valence-electron chi connectivity index (χ3n) is 5.59. The number of hydrogen-bond donors (Lipinski definition) is 2. The predicted molar refractivity (Wildman–Crippen MR) is 119 cm³/mol. The van der Waals surface area contributed by atoms with E-state index in [1.165, 1.54) is 18.2 Å². The molecule has 1 amide bonds. The molecule has 0 aliphatic carbocycles. The Morgan fingerprint density at radius 1 is 1.27 bits per heavy atom. The molecule has 0 bridgehead atoms. The Bertz CT molecular complexity index is 1140. The zero-order valence-electron chi connectivity index (χ0n) is 17.9. The third-order valence-corrected chi connectivity index (χ3v) is 6.51. The molecule has 2 aromatic heterocycles. The Morgan fingerprint density at radius 2 is 2.00 bits per heavy atom. The first kappa shape index (κ1) is 20.7. The first-order valence-corrected chi connectivity index (χ1v) is 11.3. The number of thioether (sulfide) groups is 1. The lowest BCUT2D eigenvalue weighted by Gasteiger charge is -2.35. The van der Waals surface area contributed by atoms with Gasteiger partial charge in [0.05, 0.1) is 11.1 Å². The number of aryl methyl sites for hydroxylation is 2. The number of benzene rings is 1. The maximum atomic E-state index is 12.9. The number of carbonyl (C=O) groups is 1. The molecular weight excluding hydrogens is 396 g/mol. The maximum Gasteiger partial charge on any atom is 0.233 e. The van der Waals surface area contributed by atoms with Gasteiger partial charge in [-0.25, -0.2) is 4.98 Å². The molecule has 7 nitrogen and oxygen atoms in total. The highest BCUT2D eigenvalue weighted by atomic mass is 32.2. The summed E-state index contributed by atoms with van der Waals surface area (Å²) in [5.41, 5.74) is 3.62. The highest BCUT2D eigenvalue weighted by molar-refractivity contribution is 7.99. The summed E-state index contributed by atoms with van der Waals surface area (Å²) in [6.45, 7) is 9.96. The Kier molecular flexibility index (Phi) is 5.69. The lowest BCUT2D eigenvalue weighted by Crippen LogP contribution is -2.43. The van der Waals surface area contributed by atoms with E-state index in [9.17, 15) is 4.79 Å². The molecule has 0 radical (unpaired) electrons. The summed E-state index contributed by atoms with van der Waals surface area (Å²) in [5, 5.41) is 17.3. The minimum absolute atomic E-state index is 0.126. The number of piperidine rings is 1. The molecule has 0 unspecified atom stereocenters. The van der Waals surface area contributed by atoms with Gasteiger partial charge in [-0.15, -0.1) is 0 Å². The summed E-state index contributed by atoms with van der Waals surface area (Å²) >= 11 is 1.38. The van der Waals surface area contributed by atoms with Crippen molar-refractivity contribution in [2.75, 3.05) is 18.8 Å². The SMILES string of the molecule is Cc1cccc(-n2c(SCC(=O)N3C[C@H](C)C[C@H](C)C3)nc3n[nH]c(C)c3c2=N)c1. The number of amides is 1. The molecule has 1 fully saturated rings. The van der Waals surface area contributed by atoms with Gasteiger partial charge in [-0.1, -0.05) is 37.7 Å². The Morgan fingerprint density at radius 3 is 2.70 bits per heavy atom. The molecule has 30 heavy (non-hydrogen) atoms. The van der Waals surface area contributed by atoms with Crippen molar-refractivity contribution in [3.8, 4) is 5.69 Å². The molecule has 158 valence electrons. The van der Waals surface area contributed by atoms with Crippen LogP contribution in [0.1, 0.15) is 31.5 Å². The summed E-state index contributed by atoms with van der Waals surface area (Å²) in [4.78, 5) is 19.6. The summed E-state index contributed by atoms with van der Waals surface area (Å²) < 4.78 is 1.82. The van der Waals surface area contributed by atoms with Crippen LogP contribution in [0, 0.1) is 31.1 Å². The second-order valence-corrected chi connectivity index (χ2v) is 9.44. The van der Waals surface area contributed by atoms with Crippen LogP contribution in [-0.2, 0) is 4.79 Å². The van der Waals surface area contributed by atoms with Crippen molar-refractivity contribution < 1.29 is 4.79 Å². The van der Waals surface area contributed by atoms with Gasteiger partial charge in [-0.2, -0.15) is 5.10 Å². The van der Waals surface area contributed by atoms with Crippen molar-refractivity contribution in [3.05, 3.63) is 41.0 Å². The average molecular weight is 425 g/mol. The lowest BCUT2D eigenvalue weighted by atomic mass is 9.92. The largest absolute Gasteiger partial charge is 0.341 e. The molecule has 1 saturated heterocycles. The fourth-order valence-corrected chi connectivity index (χ4v) is 5.23. The molecule has 1 aromatic carbocycles. The van der Waals surface area contributed by atoms with Crippen LogP contribution < -0.4 is 5.49 Å². The minimum atomic E-state index is 0.126. The van der Waals surface area contributed by atoms with E-state index >= 15 is 0 Å². The smallest absolute Gasteiger partial charge is 0.233 e. The van der Waals surface area contributed by atoms with Gasteiger partial charge in [0.15, 0.2) is 10.8 Å². The second-order valence-electron chi connectivity index (χ2n) is 8.50. The zero-order valence-corrected chi connectivity index (χ0v) is 18.7. The monoisotopic (exact) mass is 424 g/mol. The molecule has 4 rings (SSSR count). The van der Waals surface area contributed by atoms with Gasteiger partial charge in [0, 0.05) is 24.5 Å². The molecule has 2 N–H and O–H groups in total. The van der Waals surface area contributed by atoms with Crippen LogP contribution in [-0.4, -0.2) is 49.4 Å². The van der Waals surface area contributed by atoms with Gasteiger partial charge in [-0.05, 0) is 49.8 Å². The molecule has 8 heteroatoms. The van der Waals surface area contributed by atoms with Gasteiger partial charge >= 0.3 is 0 Å². The second kappa shape index (κ2) is 8.26. The van der Waals surface area contributed by atoms with E-state index in [0.717, 1.165) is 30.0 Å². The normalized spacial score (nSPS) is 19.4. The molecule has 0 saturated carbocycles. The van der Waals surface area contributed by atoms with E-state index in [-0.39, 0.29) is 5.91 Å². The Balaban J connectivity index is 1.69. The number of hydrogen-bond acceptors (Lipinski definition) is 5. The predicted octanol–water partition coefficient (Wildman–Crippen LogP) is 3.44. The van der Waals surface area contributed by atoms with Gasteiger partial charge in [0.2, 0.25) is 5.91 Å². The van der Waals surface area contributed by atoms with Crippen LogP contribution in [0.15, 0.2) is 29.4 Å². The summed E-state index contributed by atoms with van der Waals surface area (Å²) in [7, 11) is 0. The van der Waals surface area contributed by atoms with E-state index in [1.807, 2.05) is 47.6 Å².